The molecule has 2 heteroatoms. The Balaban J connectivity index is 1.89. The monoisotopic (exact) mass is 309 g/mol. The fraction of sp³-hybridized carbons (Fsp3) is 0.625. The van der Waals surface area contributed by atoms with Crippen LogP contribution in [0.5, 0.6) is 0 Å². The summed E-state index contributed by atoms with van der Waals surface area (Å²) in [6.45, 7) is 6.87. The lowest BCUT2D eigenvalue weighted by Crippen LogP contribution is -2.42. The summed E-state index contributed by atoms with van der Waals surface area (Å²) in [5.74, 6) is 0.745. The first-order valence-electron chi connectivity index (χ1n) is 7.05. The van der Waals surface area contributed by atoms with Crippen LogP contribution in [-0.4, -0.2) is 13.1 Å². The lowest BCUT2D eigenvalue weighted by atomic mass is 9.65. The predicted molar refractivity (Wildman–Crippen MR) is 81.8 cm³/mol. The van der Waals surface area contributed by atoms with Gasteiger partial charge in [0.15, 0.2) is 0 Å². The highest BCUT2D eigenvalue weighted by molar-refractivity contribution is 9.10. The van der Waals surface area contributed by atoms with E-state index in [1.54, 1.807) is 0 Å². The molecular formula is C16H24BrN. The Bertz CT molecular complexity index is 365. The van der Waals surface area contributed by atoms with Crippen molar-refractivity contribution in [3.05, 3.63) is 34.3 Å². The van der Waals surface area contributed by atoms with Crippen LogP contribution in [0.2, 0.25) is 0 Å². The van der Waals surface area contributed by atoms with E-state index >= 15 is 0 Å². The van der Waals surface area contributed by atoms with Crippen LogP contribution in [-0.2, 0) is 6.42 Å². The molecule has 1 fully saturated rings. The molecule has 0 amide bonds. The van der Waals surface area contributed by atoms with Crippen LogP contribution in [0.3, 0.4) is 0 Å². The third-order valence-corrected chi connectivity index (χ3v) is 4.49. The number of benzene rings is 1. The number of hydrogen-bond donors (Lipinski definition) is 1. The Labute approximate surface area is 119 Å². The maximum Gasteiger partial charge on any atom is 0.0175 e. The fourth-order valence-corrected chi connectivity index (χ4v) is 3.02. The zero-order valence-electron chi connectivity index (χ0n) is 11.5. The van der Waals surface area contributed by atoms with Crippen molar-refractivity contribution in [2.75, 3.05) is 13.1 Å². The number of halogens is 1. The first kappa shape index (κ1) is 14.1. The van der Waals surface area contributed by atoms with Gasteiger partial charge in [-0.2, -0.15) is 0 Å². The quantitative estimate of drug-likeness (QED) is 0.821. The summed E-state index contributed by atoms with van der Waals surface area (Å²) in [6.07, 6.45) is 5.40. The molecule has 1 aliphatic rings. The average Bonchev–Trinajstić information content (AvgIpc) is 2.28. The minimum atomic E-state index is 0.530. The fourth-order valence-electron chi connectivity index (χ4n) is 2.75. The summed E-state index contributed by atoms with van der Waals surface area (Å²) >= 11 is 3.50. The molecule has 0 spiro atoms. The molecule has 1 aromatic rings. The second-order valence-electron chi connectivity index (χ2n) is 6.18. The SMILES string of the molecule is CC(C)CNCC1(Cc2ccc(Br)cc2)CCC1. The molecule has 0 unspecified atom stereocenters. The van der Waals surface area contributed by atoms with Crippen molar-refractivity contribution in [3.63, 3.8) is 0 Å². The Morgan fingerprint density at radius 3 is 2.39 bits per heavy atom. The highest BCUT2D eigenvalue weighted by Gasteiger charge is 2.36. The van der Waals surface area contributed by atoms with Crippen LogP contribution >= 0.6 is 15.9 Å². The van der Waals surface area contributed by atoms with Crippen LogP contribution in [0.15, 0.2) is 28.7 Å². The van der Waals surface area contributed by atoms with Gasteiger partial charge in [-0.05, 0) is 54.8 Å². The summed E-state index contributed by atoms with van der Waals surface area (Å²) in [4.78, 5) is 0. The third-order valence-electron chi connectivity index (χ3n) is 3.96. The van der Waals surface area contributed by atoms with Crippen molar-refractivity contribution >= 4 is 15.9 Å². The van der Waals surface area contributed by atoms with E-state index < -0.39 is 0 Å². The zero-order chi connectivity index (χ0) is 13.0. The van der Waals surface area contributed by atoms with Crippen LogP contribution in [0.1, 0.15) is 38.7 Å². The van der Waals surface area contributed by atoms with Gasteiger partial charge in [-0.25, -0.2) is 0 Å². The number of nitrogens with one attached hydrogen (secondary N) is 1. The average molecular weight is 310 g/mol. The maximum absolute atomic E-state index is 3.65. The van der Waals surface area contributed by atoms with Gasteiger partial charge in [0, 0.05) is 11.0 Å². The molecular weight excluding hydrogens is 286 g/mol. The Morgan fingerprint density at radius 2 is 1.89 bits per heavy atom. The van der Waals surface area contributed by atoms with Gasteiger partial charge in [0.05, 0.1) is 0 Å². The van der Waals surface area contributed by atoms with Crippen molar-refractivity contribution < 1.29 is 0 Å². The molecule has 1 N–H and O–H groups in total. The van der Waals surface area contributed by atoms with Gasteiger partial charge in [0.1, 0.15) is 0 Å². The maximum atomic E-state index is 3.65. The van der Waals surface area contributed by atoms with E-state index in [0.717, 1.165) is 12.5 Å². The highest BCUT2D eigenvalue weighted by Crippen LogP contribution is 2.43. The van der Waals surface area contributed by atoms with Crippen LogP contribution in [0.4, 0.5) is 0 Å². The molecule has 0 bridgehead atoms. The van der Waals surface area contributed by atoms with Crippen molar-refractivity contribution in [1.29, 1.82) is 0 Å². The highest BCUT2D eigenvalue weighted by atomic mass is 79.9. The van der Waals surface area contributed by atoms with Crippen molar-refractivity contribution in [3.8, 4) is 0 Å². The minimum absolute atomic E-state index is 0.530. The molecule has 1 nitrogen and oxygen atoms in total. The molecule has 0 atom stereocenters. The summed E-state index contributed by atoms with van der Waals surface area (Å²) in [5, 5.41) is 3.65. The smallest absolute Gasteiger partial charge is 0.0175 e. The molecule has 1 saturated carbocycles. The normalized spacial score (nSPS) is 17.8. The lowest BCUT2D eigenvalue weighted by Gasteiger charge is -2.42. The van der Waals surface area contributed by atoms with E-state index in [0.29, 0.717) is 5.41 Å². The van der Waals surface area contributed by atoms with E-state index in [-0.39, 0.29) is 0 Å². The molecule has 0 heterocycles. The molecule has 0 aliphatic heterocycles. The molecule has 1 aliphatic carbocycles. The van der Waals surface area contributed by atoms with E-state index in [4.69, 9.17) is 0 Å². The molecule has 0 saturated heterocycles. The molecule has 18 heavy (non-hydrogen) atoms. The Hall–Kier alpha value is -0.340. The van der Waals surface area contributed by atoms with Gasteiger partial charge < -0.3 is 5.32 Å². The van der Waals surface area contributed by atoms with E-state index in [9.17, 15) is 0 Å². The van der Waals surface area contributed by atoms with Gasteiger partial charge in [-0.1, -0.05) is 48.3 Å². The van der Waals surface area contributed by atoms with E-state index in [2.05, 4.69) is 59.4 Å². The second kappa shape index (κ2) is 6.21. The summed E-state index contributed by atoms with van der Waals surface area (Å²) in [5.41, 5.74) is 2.01. The van der Waals surface area contributed by atoms with Gasteiger partial charge >= 0.3 is 0 Å². The predicted octanol–water partition coefficient (Wildman–Crippen LogP) is 4.41. The van der Waals surface area contributed by atoms with Gasteiger partial charge in [0.25, 0.3) is 0 Å². The summed E-state index contributed by atoms with van der Waals surface area (Å²) < 4.78 is 1.17. The summed E-state index contributed by atoms with van der Waals surface area (Å²) in [6, 6.07) is 8.83. The van der Waals surface area contributed by atoms with Crippen LogP contribution in [0.25, 0.3) is 0 Å². The standard InChI is InChI=1S/C16H24BrN/c1-13(2)11-18-12-16(8-3-9-16)10-14-4-6-15(17)7-5-14/h4-7,13,18H,3,8-12H2,1-2H3. The van der Waals surface area contributed by atoms with Crippen molar-refractivity contribution in [2.24, 2.45) is 11.3 Å². The number of rotatable bonds is 6. The van der Waals surface area contributed by atoms with Crippen LogP contribution in [0, 0.1) is 11.3 Å². The second-order valence-corrected chi connectivity index (χ2v) is 7.10. The molecule has 2 rings (SSSR count). The molecule has 0 radical (unpaired) electrons. The first-order chi connectivity index (χ1) is 8.60. The third kappa shape index (κ3) is 3.83. The molecule has 1 aromatic carbocycles. The minimum Gasteiger partial charge on any atom is -0.316 e. The van der Waals surface area contributed by atoms with Crippen molar-refractivity contribution in [1.82, 2.24) is 5.32 Å². The van der Waals surface area contributed by atoms with Crippen molar-refractivity contribution in [2.45, 2.75) is 39.5 Å². The largest absolute Gasteiger partial charge is 0.316 e. The Kier molecular flexibility index (Phi) is 4.85. The van der Waals surface area contributed by atoms with Gasteiger partial charge in [0.2, 0.25) is 0 Å². The first-order valence-corrected chi connectivity index (χ1v) is 7.84. The Morgan fingerprint density at radius 1 is 1.22 bits per heavy atom. The van der Waals surface area contributed by atoms with Gasteiger partial charge in [-0.15, -0.1) is 0 Å². The number of hydrogen-bond acceptors (Lipinski definition) is 1. The zero-order valence-corrected chi connectivity index (χ0v) is 13.1. The topological polar surface area (TPSA) is 12.0 Å². The van der Waals surface area contributed by atoms with E-state index in [1.165, 1.54) is 42.3 Å². The molecule has 0 aromatic heterocycles. The molecule has 100 valence electrons. The van der Waals surface area contributed by atoms with E-state index in [1.807, 2.05) is 0 Å². The summed E-state index contributed by atoms with van der Waals surface area (Å²) in [7, 11) is 0. The lowest BCUT2D eigenvalue weighted by molar-refractivity contribution is 0.129. The van der Waals surface area contributed by atoms with Crippen LogP contribution < -0.4 is 5.32 Å². The van der Waals surface area contributed by atoms with Gasteiger partial charge in [-0.3, -0.25) is 0 Å².